The van der Waals surface area contributed by atoms with Crippen LogP contribution in [0, 0.1) is 5.92 Å². The molecule has 0 saturated heterocycles. The molecule has 0 aliphatic carbocycles. The Balaban J connectivity index is 3.54. The Hall–Kier alpha value is -0.570. The Labute approximate surface area is 99.7 Å². The summed E-state index contributed by atoms with van der Waals surface area (Å²) in [5.74, 6) is 0.474. The molecule has 1 atom stereocenters. The van der Waals surface area contributed by atoms with E-state index in [0.29, 0.717) is 25.5 Å². The van der Waals surface area contributed by atoms with Crippen molar-refractivity contribution in [2.75, 3.05) is 13.2 Å². The van der Waals surface area contributed by atoms with E-state index in [1.165, 1.54) is 19.3 Å². The lowest BCUT2D eigenvalue weighted by Crippen LogP contribution is -2.14. The molecule has 0 bridgehead atoms. The van der Waals surface area contributed by atoms with Crippen LogP contribution >= 0.6 is 0 Å². The van der Waals surface area contributed by atoms with E-state index in [4.69, 9.17) is 10.5 Å². The Kier molecular flexibility index (Phi) is 10.5. The molecule has 0 aromatic rings. The summed E-state index contributed by atoms with van der Waals surface area (Å²) < 4.78 is 5.26. The molecule has 0 aliphatic rings. The minimum Gasteiger partial charge on any atom is -0.465 e. The molecule has 16 heavy (non-hydrogen) atoms. The zero-order valence-corrected chi connectivity index (χ0v) is 10.8. The first kappa shape index (κ1) is 15.4. The summed E-state index contributed by atoms with van der Waals surface area (Å²) in [6.45, 7) is 5.59. The SMILES string of the molecule is CCCCC(CC)COC(=O)CCCCN. The molecule has 0 aliphatic heterocycles. The van der Waals surface area contributed by atoms with Crippen molar-refractivity contribution in [1.82, 2.24) is 0 Å². The summed E-state index contributed by atoms with van der Waals surface area (Å²) >= 11 is 0. The normalized spacial score (nSPS) is 12.4. The Morgan fingerprint density at radius 1 is 1.25 bits per heavy atom. The summed E-state index contributed by atoms with van der Waals surface area (Å²) in [7, 11) is 0. The molecule has 1 unspecified atom stereocenters. The van der Waals surface area contributed by atoms with Gasteiger partial charge in [0.15, 0.2) is 0 Å². The first-order valence-electron chi connectivity index (χ1n) is 6.60. The van der Waals surface area contributed by atoms with Crippen LogP contribution < -0.4 is 5.73 Å². The second-order valence-electron chi connectivity index (χ2n) is 4.35. The van der Waals surface area contributed by atoms with Gasteiger partial charge in [0, 0.05) is 6.42 Å². The van der Waals surface area contributed by atoms with Gasteiger partial charge in [0.25, 0.3) is 0 Å². The molecular formula is C13H27NO2. The molecule has 0 saturated carbocycles. The van der Waals surface area contributed by atoms with Crippen molar-refractivity contribution in [3.63, 3.8) is 0 Å². The van der Waals surface area contributed by atoms with Crippen LogP contribution in [0.25, 0.3) is 0 Å². The highest BCUT2D eigenvalue weighted by atomic mass is 16.5. The van der Waals surface area contributed by atoms with Crippen LogP contribution in [0.1, 0.15) is 58.8 Å². The van der Waals surface area contributed by atoms with Crippen molar-refractivity contribution in [2.24, 2.45) is 11.7 Å². The van der Waals surface area contributed by atoms with E-state index < -0.39 is 0 Å². The smallest absolute Gasteiger partial charge is 0.305 e. The second kappa shape index (κ2) is 10.9. The second-order valence-corrected chi connectivity index (χ2v) is 4.35. The lowest BCUT2D eigenvalue weighted by molar-refractivity contribution is -0.145. The van der Waals surface area contributed by atoms with Gasteiger partial charge in [0.1, 0.15) is 0 Å². The van der Waals surface area contributed by atoms with E-state index in [-0.39, 0.29) is 5.97 Å². The maximum atomic E-state index is 11.3. The van der Waals surface area contributed by atoms with Crippen LogP contribution in [-0.4, -0.2) is 19.1 Å². The Bertz CT molecular complexity index is 171. The molecule has 0 spiro atoms. The minimum atomic E-state index is -0.0663. The quantitative estimate of drug-likeness (QED) is 0.463. The van der Waals surface area contributed by atoms with E-state index in [2.05, 4.69) is 13.8 Å². The van der Waals surface area contributed by atoms with Crippen molar-refractivity contribution in [3.05, 3.63) is 0 Å². The highest BCUT2D eigenvalue weighted by Gasteiger charge is 2.09. The van der Waals surface area contributed by atoms with Gasteiger partial charge < -0.3 is 10.5 Å². The maximum absolute atomic E-state index is 11.3. The van der Waals surface area contributed by atoms with Crippen molar-refractivity contribution in [2.45, 2.75) is 58.8 Å². The highest BCUT2D eigenvalue weighted by molar-refractivity contribution is 5.69. The van der Waals surface area contributed by atoms with Gasteiger partial charge in [-0.1, -0.05) is 33.1 Å². The summed E-state index contributed by atoms with van der Waals surface area (Å²) in [5.41, 5.74) is 5.36. The molecular weight excluding hydrogens is 202 g/mol. The van der Waals surface area contributed by atoms with E-state index in [0.717, 1.165) is 19.3 Å². The zero-order valence-electron chi connectivity index (χ0n) is 10.8. The van der Waals surface area contributed by atoms with Gasteiger partial charge in [0.2, 0.25) is 0 Å². The van der Waals surface area contributed by atoms with Gasteiger partial charge >= 0.3 is 5.97 Å². The summed E-state index contributed by atoms with van der Waals surface area (Å²) in [5, 5.41) is 0. The van der Waals surface area contributed by atoms with E-state index in [1.807, 2.05) is 0 Å². The van der Waals surface area contributed by atoms with Crippen molar-refractivity contribution in [1.29, 1.82) is 0 Å². The van der Waals surface area contributed by atoms with Crippen molar-refractivity contribution >= 4 is 5.97 Å². The molecule has 96 valence electrons. The van der Waals surface area contributed by atoms with Crippen LogP contribution in [0.3, 0.4) is 0 Å². The molecule has 3 nitrogen and oxygen atoms in total. The number of rotatable bonds is 10. The van der Waals surface area contributed by atoms with E-state index >= 15 is 0 Å². The van der Waals surface area contributed by atoms with Gasteiger partial charge in [-0.25, -0.2) is 0 Å². The minimum absolute atomic E-state index is 0.0663. The van der Waals surface area contributed by atoms with Crippen LogP contribution in [0.15, 0.2) is 0 Å². The first-order valence-corrected chi connectivity index (χ1v) is 6.60. The number of hydrogen-bond donors (Lipinski definition) is 1. The zero-order chi connectivity index (χ0) is 12.2. The molecule has 0 aromatic carbocycles. The fraction of sp³-hybridized carbons (Fsp3) is 0.923. The van der Waals surface area contributed by atoms with Gasteiger partial charge in [-0.2, -0.15) is 0 Å². The lowest BCUT2D eigenvalue weighted by Gasteiger charge is -2.14. The van der Waals surface area contributed by atoms with Crippen LogP contribution in [-0.2, 0) is 9.53 Å². The summed E-state index contributed by atoms with van der Waals surface area (Å²) in [4.78, 5) is 11.3. The van der Waals surface area contributed by atoms with Crippen LogP contribution in [0.4, 0.5) is 0 Å². The van der Waals surface area contributed by atoms with E-state index in [1.54, 1.807) is 0 Å². The van der Waals surface area contributed by atoms with Crippen LogP contribution in [0.5, 0.6) is 0 Å². The molecule has 3 heteroatoms. The molecule has 0 rings (SSSR count). The number of ether oxygens (including phenoxy) is 1. The van der Waals surface area contributed by atoms with Crippen molar-refractivity contribution < 1.29 is 9.53 Å². The third-order valence-corrected chi connectivity index (χ3v) is 2.86. The summed E-state index contributed by atoms with van der Waals surface area (Å²) in [6, 6.07) is 0. The highest BCUT2D eigenvalue weighted by Crippen LogP contribution is 2.13. The number of carbonyl (C=O) groups is 1. The lowest BCUT2D eigenvalue weighted by atomic mass is 10.0. The number of nitrogens with two attached hydrogens (primary N) is 1. The average Bonchev–Trinajstić information content (AvgIpc) is 2.30. The third kappa shape index (κ3) is 8.72. The molecule has 2 N–H and O–H groups in total. The van der Waals surface area contributed by atoms with Gasteiger partial charge in [-0.05, 0) is 31.7 Å². The van der Waals surface area contributed by atoms with Gasteiger partial charge in [-0.3, -0.25) is 4.79 Å². The number of unbranched alkanes of at least 4 members (excludes halogenated alkanes) is 2. The molecule has 0 fully saturated rings. The number of hydrogen-bond acceptors (Lipinski definition) is 3. The number of esters is 1. The molecule has 0 heterocycles. The third-order valence-electron chi connectivity index (χ3n) is 2.86. The topological polar surface area (TPSA) is 52.3 Å². The predicted molar refractivity (Wildman–Crippen MR) is 67.2 cm³/mol. The van der Waals surface area contributed by atoms with Crippen molar-refractivity contribution in [3.8, 4) is 0 Å². The molecule has 0 amide bonds. The maximum Gasteiger partial charge on any atom is 0.305 e. The summed E-state index contributed by atoms with van der Waals surface area (Å²) in [6.07, 6.45) is 6.97. The predicted octanol–water partition coefficient (Wildman–Crippen LogP) is 2.88. The fourth-order valence-electron chi connectivity index (χ4n) is 1.59. The average molecular weight is 229 g/mol. The Morgan fingerprint density at radius 3 is 2.56 bits per heavy atom. The van der Waals surface area contributed by atoms with Gasteiger partial charge in [0.05, 0.1) is 6.61 Å². The standard InChI is InChI=1S/C13H27NO2/c1-3-5-8-12(4-2)11-16-13(15)9-6-7-10-14/h12H,3-11,14H2,1-2H3. The Morgan fingerprint density at radius 2 is 2.00 bits per heavy atom. The number of carbonyl (C=O) groups excluding carboxylic acids is 1. The monoisotopic (exact) mass is 229 g/mol. The fourth-order valence-corrected chi connectivity index (χ4v) is 1.59. The van der Waals surface area contributed by atoms with E-state index in [9.17, 15) is 4.79 Å². The van der Waals surface area contributed by atoms with Gasteiger partial charge in [-0.15, -0.1) is 0 Å². The molecule has 0 aromatic heterocycles. The van der Waals surface area contributed by atoms with Crippen LogP contribution in [0.2, 0.25) is 0 Å². The first-order chi connectivity index (χ1) is 7.74. The largest absolute Gasteiger partial charge is 0.465 e. The molecule has 0 radical (unpaired) electrons.